The molecule has 1 heterocycles. The van der Waals surface area contributed by atoms with Crippen LogP contribution in [0.5, 0.6) is 0 Å². The number of benzene rings is 2. The molecular weight excluding hydrogens is 407 g/mol. The first-order valence-corrected chi connectivity index (χ1v) is 12.0. The van der Waals surface area contributed by atoms with Crippen molar-refractivity contribution in [2.24, 2.45) is 0 Å². The number of halogens is 6. The molecule has 0 fully saturated rings. The number of fused-ring (bicyclic) bond motifs is 2. The summed E-state index contributed by atoms with van der Waals surface area (Å²) in [6, 6.07) is 19.6. The normalized spacial score (nSPS) is 14.5. The average Bonchev–Trinajstić information content (AvgIpc) is 2.48. The molecule has 1 nitrogen and oxygen atoms in total. The van der Waals surface area contributed by atoms with E-state index in [9.17, 15) is 20.8 Å². The Kier molecular flexibility index (Phi) is 4.85. The molecule has 3 rings (SSSR count). The van der Waals surface area contributed by atoms with Crippen LogP contribution in [0.15, 0.2) is 54.6 Å². The molecule has 0 saturated heterocycles. The summed E-state index contributed by atoms with van der Waals surface area (Å²) in [5.74, 6) is 0. The van der Waals surface area contributed by atoms with E-state index in [0.717, 1.165) is 6.54 Å². The summed E-state index contributed by atoms with van der Waals surface area (Å²) in [6.07, 6.45) is 2.45. The zero-order valence-corrected chi connectivity index (χ0v) is 15.4. The van der Waals surface area contributed by atoms with Gasteiger partial charge in [0.15, 0.2) is 0 Å². The van der Waals surface area contributed by atoms with Crippen LogP contribution >= 0.6 is 0 Å². The predicted molar refractivity (Wildman–Crippen MR) is 89.0 cm³/mol. The standard InChI is InChI=1S/C17H18N.AsF6/c1-2-3-12-18-16-10-6-4-8-14(16)13-15-9-5-7-11-17(15)18;2-1(3,4,5,6)7/h4-11,13H,2-3,12H2,1H3;/q+1;-1. The molecule has 0 aliphatic carbocycles. The van der Waals surface area contributed by atoms with Crippen molar-refractivity contribution in [2.45, 2.75) is 26.3 Å². The van der Waals surface area contributed by atoms with Gasteiger partial charge in [0.1, 0.15) is 6.54 Å². The van der Waals surface area contributed by atoms with Crippen molar-refractivity contribution in [3.8, 4) is 0 Å². The van der Waals surface area contributed by atoms with Crippen LogP contribution in [0.2, 0.25) is 0 Å². The van der Waals surface area contributed by atoms with E-state index in [1.165, 1.54) is 34.6 Å². The SMILES string of the molecule is CCCC[n+]1c2ccccc2cc2ccccc21.F[As-](F)(F)(F)(F)F. The van der Waals surface area contributed by atoms with Gasteiger partial charge in [-0.1, -0.05) is 37.6 Å². The van der Waals surface area contributed by atoms with Crippen LogP contribution in [0.3, 0.4) is 0 Å². The molecule has 0 unspecified atom stereocenters. The van der Waals surface area contributed by atoms with Crippen molar-refractivity contribution in [3.63, 3.8) is 0 Å². The summed E-state index contributed by atoms with van der Waals surface area (Å²) in [6.45, 7) is 3.34. The van der Waals surface area contributed by atoms with E-state index in [4.69, 9.17) is 0 Å². The molecule has 0 N–H and O–H groups in total. The molecule has 0 radical (unpaired) electrons. The van der Waals surface area contributed by atoms with Gasteiger partial charge < -0.3 is 0 Å². The Balaban J connectivity index is 0.000000277. The monoisotopic (exact) mass is 425 g/mol. The van der Waals surface area contributed by atoms with E-state index in [1.807, 2.05) is 0 Å². The van der Waals surface area contributed by atoms with Crippen LogP contribution in [-0.4, -0.2) is 14.2 Å². The minimum atomic E-state index is -11.1. The summed E-state index contributed by atoms with van der Waals surface area (Å²) >= 11 is -11.1. The van der Waals surface area contributed by atoms with Gasteiger partial charge in [-0.3, -0.25) is 0 Å². The third kappa shape index (κ3) is 6.94. The summed E-state index contributed by atoms with van der Waals surface area (Å²) in [5, 5.41) is 2.65. The number of hydrogen-bond donors (Lipinski definition) is 0. The fourth-order valence-corrected chi connectivity index (χ4v) is 2.57. The van der Waals surface area contributed by atoms with Gasteiger partial charge in [-0.15, -0.1) is 0 Å². The summed E-state index contributed by atoms with van der Waals surface area (Å²) in [5.41, 5.74) is 2.68. The summed E-state index contributed by atoms with van der Waals surface area (Å²) in [4.78, 5) is 0. The first kappa shape index (κ1) is 19.6. The third-order valence-corrected chi connectivity index (χ3v) is 3.50. The minimum absolute atomic E-state index is 1.10. The molecule has 0 spiro atoms. The van der Waals surface area contributed by atoms with E-state index < -0.39 is 14.2 Å². The van der Waals surface area contributed by atoms with Gasteiger partial charge in [0, 0.05) is 29.3 Å². The van der Waals surface area contributed by atoms with Crippen LogP contribution in [0.25, 0.3) is 21.8 Å². The van der Waals surface area contributed by atoms with Crippen LogP contribution in [0.4, 0.5) is 20.8 Å². The van der Waals surface area contributed by atoms with Crippen molar-refractivity contribution >= 4 is 36.0 Å². The first-order valence-electron chi connectivity index (χ1n) is 7.72. The molecule has 3 aromatic rings. The molecule has 0 atom stereocenters. The summed E-state index contributed by atoms with van der Waals surface area (Å²) in [7, 11) is 0. The van der Waals surface area contributed by atoms with Crippen LogP contribution in [0, 0.1) is 0 Å². The number of para-hydroxylation sites is 2. The first-order chi connectivity index (χ1) is 11.3. The van der Waals surface area contributed by atoms with Crippen molar-refractivity contribution < 1.29 is 25.4 Å². The maximum atomic E-state index is 9.91. The maximum absolute atomic E-state index is 11.1. The predicted octanol–water partition coefficient (Wildman–Crippen LogP) is 6.22. The molecule has 0 bridgehead atoms. The van der Waals surface area contributed by atoms with Gasteiger partial charge >= 0.3 is 35.0 Å². The summed E-state index contributed by atoms with van der Waals surface area (Å²) < 4.78 is 61.9. The van der Waals surface area contributed by atoms with E-state index in [0.29, 0.717) is 0 Å². The molecule has 8 heteroatoms. The second-order valence-corrected chi connectivity index (χ2v) is 9.75. The fourth-order valence-electron chi connectivity index (χ4n) is 2.57. The van der Waals surface area contributed by atoms with E-state index in [2.05, 4.69) is 66.1 Å². The zero-order chi connectivity index (χ0) is 18.8. The number of aryl methyl sites for hydroxylation is 1. The third-order valence-electron chi connectivity index (χ3n) is 3.50. The van der Waals surface area contributed by atoms with E-state index >= 15 is 0 Å². The van der Waals surface area contributed by atoms with Gasteiger partial charge in [-0.2, -0.15) is 4.57 Å². The number of rotatable bonds is 3. The molecule has 0 saturated carbocycles. The molecule has 0 aliphatic rings. The van der Waals surface area contributed by atoms with Gasteiger partial charge in [0.2, 0.25) is 11.0 Å². The topological polar surface area (TPSA) is 3.88 Å². The van der Waals surface area contributed by atoms with E-state index in [1.54, 1.807) is 0 Å². The molecular formula is C17H18AsF6N. The second-order valence-electron chi connectivity index (χ2n) is 5.73. The Labute approximate surface area is 142 Å². The number of pyridine rings is 1. The Hall–Kier alpha value is -1.75. The van der Waals surface area contributed by atoms with Crippen molar-refractivity contribution in [1.82, 2.24) is 0 Å². The number of aromatic nitrogens is 1. The molecule has 138 valence electrons. The molecule has 0 aliphatic heterocycles. The van der Waals surface area contributed by atoms with Crippen LogP contribution in [0.1, 0.15) is 19.8 Å². The van der Waals surface area contributed by atoms with Gasteiger partial charge in [0.25, 0.3) is 0 Å². The Morgan fingerprint density at radius 3 is 1.56 bits per heavy atom. The van der Waals surface area contributed by atoms with E-state index in [-0.39, 0.29) is 0 Å². The van der Waals surface area contributed by atoms with Crippen LogP contribution in [-0.2, 0) is 6.54 Å². The number of hydrogen-bond acceptors (Lipinski definition) is 0. The van der Waals surface area contributed by atoms with Gasteiger partial charge in [-0.05, 0) is 18.2 Å². The molecule has 1 aromatic heterocycles. The van der Waals surface area contributed by atoms with Crippen molar-refractivity contribution in [3.05, 3.63) is 54.6 Å². The molecule has 2 aromatic carbocycles. The second kappa shape index (κ2) is 6.20. The fraction of sp³-hybridized carbons (Fsp3) is 0.235. The zero-order valence-electron chi connectivity index (χ0n) is 13.5. The molecule has 0 amide bonds. The Bertz CT molecular complexity index is 825. The van der Waals surface area contributed by atoms with Crippen molar-refractivity contribution in [1.29, 1.82) is 0 Å². The number of unbranched alkanes of at least 4 members (excludes halogenated alkanes) is 1. The number of nitrogens with zero attached hydrogens (tertiary/aromatic N) is 1. The van der Waals surface area contributed by atoms with Crippen LogP contribution < -0.4 is 4.57 Å². The average molecular weight is 425 g/mol. The van der Waals surface area contributed by atoms with Gasteiger partial charge in [-0.25, -0.2) is 0 Å². The Morgan fingerprint density at radius 1 is 0.760 bits per heavy atom. The quantitative estimate of drug-likeness (QED) is 0.203. The Morgan fingerprint density at radius 2 is 1.16 bits per heavy atom. The van der Waals surface area contributed by atoms with Gasteiger partial charge in [0.05, 0.1) is 0 Å². The van der Waals surface area contributed by atoms with Crippen molar-refractivity contribution in [2.75, 3.05) is 0 Å². The molecule has 25 heavy (non-hydrogen) atoms.